The monoisotopic (exact) mass is 279 g/mol. The number of benzene rings is 2. The molecule has 0 fully saturated rings. The second-order valence-corrected chi connectivity index (χ2v) is 4.76. The third kappa shape index (κ3) is 3.13. The van der Waals surface area contributed by atoms with Crippen molar-refractivity contribution in [2.24, 2.45) is 0 Å². The first-order chi connectivity index (χ1) is 9.51. The van der Waals surface area contributed by atoms with Crippen LogP contribution >= 0.6 is 0 Å². The number of hydrogen-bond acceptors (Lipinski definition) is 1. The van der Waals surface area contributed by atoms with Gasteiger partial charge in [0.1, 0.15) is 5.82 Å². The SMILES string of the molecule is CCC(Nc1cc(F)c(F)cc1F)c1ccc(C)cc1. The van der Waals surface area contributed by atoms with Gasteiger partial charge >= 0.3 is 0 Å². The molecule has 1 N–H and O–H groups in total. The van der Waals surface area contributed by atoms with Gasteiger partial charge in [0, 0.05) is 12.1 Å². The van der Waals surface area contributed by atoms with Crippen molar-refractivity contribution in [3.63, 3.8) is 0 Å². The molecule has 20 heavy (non-hydrogen) atoms. The van der Waals surface area contributed by atoms with Gasteiger partial charge in [0.25, 0.3) is 0 Å². The summed E-state index contributed by atoms with van der Waals surface area (Å²) >= 11 is 0. The van der Waals surface area contributed by atoms with Crippen LogP contribution in [0.1, 0.15) is 30.5 Å². The van der Waals surface area contributed by atoms with E-state index in [-0.39, 0.29) is 11.7 Å². The molecule has 0 aliphatic carbocycles. The highest BCUT2D eigenvalue weighted by atomic mass is 19.2. The van der Waals surface area contributed by atoms with E-state index in [1.54, 1.807) is 0 Å². The van der Waals surface area contributed by atoms with Crippen molar-refractivity contribution in [2.45, 2.75) is 26.3 Å². The number of anilines is 1. The quantitative estimate of drug-likeness (QED) is 0.779. The van der Waals surface area contributed by atoms with Crippen LogP contribution in [0, 0.1) is 24.4 Å². The molecule has 1 atom stereocenters. The highest BCUT2D eigenvalue weighted by Crippen LogP contribution is 2.26. The van der Waals surface area contributed by atoms with E-state index in [0.29, 0.717) is 12.5 Å². The predicted molar refractivity (Wildman–Crippen MR) is 74.1 cm³/mol. The highest BCUT2D eigenvalue weighted by Gasteiger charge is 2.14. The first kappa shape index (κ1) is 14.4. The molecule has 2 aromatic rings. The second kappa shape index (κ2) is 5.99. The summed E-state index contributed by atoms with van der Waals surface area (Å²) in [6.45, 7) is 3.92. The van der Waals surface area contributed by atoms with E-state index in [1.807, 2.05) is 38.1 Å². The van der Waals surface area contributed by atoms with Gasteiger partial charge in [-0.1, -0.05) is 36.8 Å². The van der Waals surface area contributed by atoms with Gasteiger partial charge in [-0.05, 0) is 18.9 Å². The van der Waals surface area contributed by atoms with Gasteiger partial charge in [-0.15, -0.1) is 0 Å². The fourth-order valence-corrected chi connectivity index (χ4v) is 2.04. The number of hydrogen-bond donors (Lipinski definition) is 1. The Bertz CT molecular complexity index is 593. The molecule has 0 aliphatic rings. The molecule has 0 heterocycles. The molecule has 0 saturated heterocycles. The minimum atomic E-state index is -1.18. The van der Waals surface area contributed by atoms with Crippen LogP contribution in [0.15, 0.2) is 36.4 Å². The molecule has 106 valence electrons. The molecule has 1 nitrogen and oxygen atoms in total. The molecule has 0 spiro atoms. The van der Waals surface area contributed by atoms with Crippen molar-refractivity contribution >= 4 is 5.69 Å². The summed E-state index contributed by atoms with van der Waals surface area (Å²) in [5.41, 5.74) is 2.07. The molecule has 0 aromatic heterocycles. The van der Waals surface area contributed by atoms with Crippen molar-refractivity contribution in [1.82, 2.24) is 0 Å². The van der Waals surface area contributed by atoms with E-state index in [4.69, 9.17) is 0 Å². The Morgan fingerprint density at radius 3 is 2.15 bits per heavy atom. The standard InChI is InChI=1S/C16H16F3N/c1-3-15(11-6-4-10(2)5-7-11)20-16-9-13(18)12(17)8-14(16)19/h4-9,15,20H,3H2,1-2H3. The van der Waals surface area contributed by atoms with E-state index in [2.05, 4.69) is 5.32 Å². The maximum Gasteiger partial charge on any atom is 0.161 e. The molecule has 0 bridgehead atoms. The lowest BCUT2D eigenvalue weighted by atomic mass is 10.0. The minimum Gasteiger partial charge on any atom is -0.376 e. The molecular weight excluding hydrogens is 263 g/mol. The molecule has 2 rings (SSSR count). The van der Waals surface area contributed by atoms with Crippen LogP contribution < -0.4 is 5.32 Å². The van der Waals surface area contributed by atoms with Gasteiger partial charge in [-0.25, -0.2) is 13.2 Å². The first-order valence-electron chi connectivity index (χ1n) is 6.49. The summed E-state index contributed by atoms with van der Waals surface area (Å²) in [4.78, 5) is 0. The maximum absolute atomic E-state index is 13.6. The van der Waals surface area contributed by atoms with Crippen molar-refractivity contribution in [3.8, 4) is 0 Å². The Kier molecular flexibility index (Phi) is 4.32. The second-order valence-electron chi connectivity index (χ2n) is 4.76. The van der Waals surface area contributed by atoms with Crippen LogP contribution in [0.4, 0.5) is 18.9 Å². The molecule has 1 unspecified atom stereocenters. The van der Waals surface area contributed by atoms with Gasteiger partial charge < -0.3 is 5.32 Å². The summed E-state index contributed by atoms with van der Waals surface area (Å²) < 4.78 is 39.7. The number of nitrogens with one attached hydrogen (secondary N) is 1. The highest BCUT2D eigenvalue weighted by molar-refractivity contribution is 5.47. The summed E-state index contributed by atoms with van der Waals surface area (Å²) in [6, 6.07) is 9.04. The van der Waals surface area contributed by atoms with E-state index < -0.39 is 17.5 Å². The van der Waals surface area contributed by atoms with E-state index in [9.17, 15) is 13.2 Å². The summed E-state index contributed by atoms with van der Waals surface area (Å²) in [6.07, 6.45) is 0.696. The zero-order valence-electron chi connectivity index (χ0n) is 11.4. The molecule has 0 saturated carbocycles. The van der Waals surface area contributed by atoms with Gasteiger partial charge in [0.2, 0.25) is 0 Å². The van der Waals surface area contributed by atoms with Crippen molar-refractivity contribution in [2.75, 3.05) is 5.32 Å². The first-order valence-corrected chi connectivity index (χ1v) is 6.49. The Labute approximate surface area is 116 Å². The summed E-state index contributed by atoms with van der Waals surface area (Å²) in [5.74, 6) is -3.04. The molecule has 0 amide bonds. The van der Waals surface area contributed by atoms with Crippen LogP contribution in [0.3, 0.4) is 0 Å². The maximum atomic E-state index is 13.6. The van der Waals surface area contributed by atoms with Crippen molar-refractivity contribution < 1.29 is 13.2 Å². The Morgan fingerprint density at radius 2 is 1.55 bits per heavy atom. The Morgan fingerprint density at radius 1 is 0.950 bits per heavy atom. The number of rotatable bonds is 4. The van der Waals surface area contributed by atoms with E-state index in [0.717, 1.165) is 17.2 Å². The number of halogens is 3. The van der Waals surface area contributed by atoms with Crippen molar-refractivity contribution in [3.05, 3.63) is 65.0 Å². The largest absolute Gasteiger partial charge is 0.376 e. The fourth-order valence-electron chi connectivity index (χ4n) is 2.04. The minimum absolute atomic E-state index is 0.0312. The average molecular weight is 279 g/mol. The topological polar surface area (TPSA) is 12.0 Å². The lowest BCUT2D eigenvalue weighted by Gasteiger charge is -2.19. The molecule has 0 aliphatic heterocycles. The zero-order chi connectivity index (χ0) is 14.7. The summed E-state index contributed by atoms with van der Waals surface area (Å²) in [7, 11) is 0. The van der Waals surface area contributed by atoms with E-state index >= 15 is 0 Å². The van der Waals surface area contributed by atoms with Gasteiger partial charge in [0.15, 0.2) is 11.6 Å². The lowest BCUT2D eigenvalue weighted by molar-refractivity contribution is 0.495. The smallest absolute Gasteiger partial charge is 0.161 e. The number of aryl methyl sites for hydroxylation is 1. The Hall–Kier alpha value is -1.97. The van der Waals surface area contributed by atoms with Gasteiger partial charge in [-0.2, -0.15) is 0 Å². The molecule has 0 radical (unpaired) electrons. The third-order valence-corrected chi connectivity index (χ3v) is 3.23. The lowest BCUT2D eigenvalue weighted by Crippen LogP contribution is -2.11. The van der Waals surface area contributed by atoms with Crippen LogP contribution in [0.25, 0.3) is 0 Å². The average Bonchev–Trinajstić information content (AvgIpc) is 2.42. The van der Waals surface area contributed by atoms with Crippen LogP contribution in [0.5, 0.6) is 0 Å². The molecular formula is C16H16F3N. The normalized spacial score (nSPS) is 12.2. The van der Waals surface area contributed by atoms with Crippen LogP contribution in [-0.2, 0) is 0 Å². The molecule has 4 heteroatoms. The van der Waals surface area contributed by atoms with Gasteiger partial charge in [0.05, 0.1) is 11.7 Å². The Balaban J connectivity index is 2.26. The van der Waals surface area contributed by atoms with Crippen molar-refractivity contribution in [1.29, 1.82) is 0 Å². The summed E-state index contributed by atoms with van der Waals surface area (Å²) in [5, 5.41) is 2.92. The van der Waals surface area contributed by atoms with Crippen LogP contribution in [0.2, 0.25) is 0 Å². The fraction of sp³-hybridized carbons (Fsp3) is 0.250. The zero-order valence-corrected chi connectivity index (χ0v) is 11.4. The van der Waals surface area contributed by atoms with Gasteiger partial charge in [-0.3, -0.25) is 0 Å². The molecule has 2 aromatic carbocycles. The predicted octanol–water partition coefficient (Wildman–Crippen LogP) is 4.98. The van der Waals surface area contributed by atoms with Crippen LogP contribution in [-0.4, -0.2) is 0 Å². The van der Waals surface area contributed by atoms with E-state index in [1.165, 1.54) is 0 Å². The third-order valence-electron chi connectivity index (χ3n) is 3.23.